The number of methoxy groups -OCH3 is 1. The number of aliphatic carboxylic acids is 1. The number of carbonyl (C=O) groups is 2. The molecule has 0 radical (unpaired) electrons. The van der Waals surface area contributed by atoms with Gasteiger partial charge in [-0.1, -0.05) is 5.16 Å². The standard InChI is InChI=1S/C12H16N2O5/c1-18-7-9-6-10(13-19-9)11(15)14-4-2-8(3-5-14)12(16)17/h6,8H,2-5,7H2,1H3,(H,16,17). The molecule has 19 heavy (non-hydrogen) atoms. The lowest BCUT2D eigenvalue weighted by Crippen LogP contribution is -2.40. The first-order valence-corrected chi connectivity index (χ1v) is 6.08. The number of carboxylic acids is 1. The van der Waals surface area contributed by atoms with E-state index in [9.17, 15) is 9.59 Å². The minimum atomic E-state index is -0.795. The Morgan fingerprint density at radius 1 is 1.53 bits per heavy atom. The third kappa shape index (κ3) is 3.11. The van der Waals surface area contributed by atoms with Crippen LogP contribution in [0, 0.1) is 5.92 Å². The Balaban J connectivity index is 1.95. The summed E-state index contributed by atoms with van der Waals surface area (Å²) in [6.45, 7) is 1.13. The summed E-state index contributed by atoms with van der Waals surface area (Å²) in [6, 6.07) is 1.55. The van der Waals surface area contributed by atoms with Gasteiger partial charge in [0.05, 0.1) is 5.92 Å². The highest BCUT2D eigenvalue weighted by atomic mass is 16.5. The van der Waals surface area contributed by atoms with Crippen molar-refractivity contribution in [2.75, 3.05) is 20.2 Å². The normalized spacial score (nSPS) is 16.6. The largest absolute Gasteiger partial charge is 0.481 e. The smallest absolute Gasteiger partial charge is 0.306 e. The molecular weight excluding hydrogens is 252 g/mol. The van der Waals surface area contributed by atoms with Crippen LogP contribution in [0.1, 0.15) is 29.1 Å². The molecule has 0 atom stereocenters. The number of piperidine rings is 1. The number of ether oxygens (including phenoxy) is 1. The Labute approximate surface area is 110 Å². The predicted octanol–water partition coefficient (Wildman–Crippen LogP) is 0.758. The molecule has 1 amide bonds. The Kier molecular flexibility index (Phi) is 4.16. The fraction of sp³-hybridized carbons (Fsp3) is 0.583. The maximum absolute atomic E-state index is 12.1. The van der Waals surface area contributed by atoms with Crippen LogP contribution in [-0.2, 0) is 16.1 Å². The lowest BCUT2D eigenvalue weighted by atomic mass is 9.97. The van der Waals surface area contributed by atoms with Crippen molar-refractivity contribution < 1.29 is 24.0 Å². The molecule has 1 N–H and O–H groups in total. The molecular formula is C12H16N2O5. The molecule has 7 heteroatoms. The minimum absolute atomic E-state index is 0.227. The molecule has 0 bridgehead atoms. The SMILES string of the molecule is COCc1cc(C(=O)N2CCC(C(=O)O)CC2)no1. The van der Waals surface area contributed by atoms with Crippen LogP contribution in [-0.4, -0.2) is 47.2 Å². The number of carboxylic acid groups (broad SMARTS) is 1. The minimum Gasteiger partial charge on any atom is -0.481 e. The van der Waals surface area contributed by atoms with E-state index in [2.05, 4.69) is 5.16 Å². The van der Waals surface area contributed by atoms with E-state index in [4.69, 9.17) is 14.4 Å². The molecule has 0 unspecified atom stereocenters. The van der Waals surface area contributed by atoms with Gasteiger partial charge in [0.1, 0.15) is 6.61 Å². The Bertz CT molecular complexity index is 462. The fourth-order valence-corrected chi connectivity index (χ4v) is 2.12. The van der Waals surface area contributed by atoms with E-state index in [0.717, 1.165) is 0 Å². The summed E-state index contributed by atoms with van der Waals surface area (Å²) in [4.78, 5) is 24.5. The first-order chi connectivity index (χ1) is 9.11. The second kappa shape index (κ2) is 5.83. The zero-order valence-corrected chi connectivity index (χ0v) is 10.7. The summed E-state index contributed by atoms with van der Waals surface area (Å²) < 4.78 is 9.84. The molecule has 0 aromatic carbocycles. The summed E-state index contributed by atoms with van der Waals surface area (Å²) in [6.07, 6.45) is 0.952. The van der Waals surface area contributed by atoms with Gasteiger partial charge in [0.15, 0.2) is 11.5 Å². The number of amides is 1. The second-order valence-electron chi connectivity index (χ2n) is 4.52. The van der Waals surface area contributed by atoms with Gasteiger partial charge in [0.2, 0.25) is 0 Å². The van der Waals surface area contributed by atoms with Crippen molar-refractivity contribution in [1.29, 1.82) is 0 Å². The molecule has 104 valence electrons. The van der Waals surface area contributed by atoms with Gasteiger partial charge in [-0.3, -0.25) is 9.59 Å². The molecule has 2 rings (SSSR count). The van der Waals surface area contributed by atoms with Gasteiger partial charge in [-0.15, -0.1) is 0 Å². The highest BCUT2D eigenvalue weighted by Gasteiger charge is 2.28. The average molecular weight is 268 g/mol. The van der Waals surface area contributed by atoms with Crippen LogP contribution in [0.3, 0.4) is 0 Å². The predicted molar refractivity (Wildman–Crippen MR) is 63.5 cm³/mol. The molecule has 7 nitrogen and oxygen atoms in total. The second-order valence-corrected chi connectivity index (χ2v) is 4.52. The van der Waals surface area contributed by atoms with Gasteiger partial charge in [0.25, 0.3) is 5.91 Å². The highest BCUT2D eigenvalue weighted by molar-refractivity contribution is 5.92. The number of hydrogen-bond acceptors (Lipinski definition) is 5. The Hall–Kier alpha value is -1.89. The van der Waals surface area contributed by atoms with Crippen LogP contribution < -0.4 is 0 Å². The molecule has 0 aliphatic carbocycles. The number of carbonyl (C=O) groups excluding carboxylic acids is 1. The van der Waals surface area contributed by atoms with Gasteiger partial charge in [-0.25, -0.2) is 0 Å². The van der Waals surface area contributed by atoms with Gasteiger partial charge < -0.3 is 19.3 Å². The Morgan fingerprint density at radius 2 is 2.21 bits per heavy atom. The number of hydrogen-bond donors (Lipinski definition) is 1. The lowest BCUT2D eigenvalue weighted by molar-refractivity contribution is -0.143. The number of aromatic nitrogens is 1. The Morgan fingerprint density at radius 3 is 2.79 bits per heavy atom. The summed E-state index contributed by atoms with van der Waals surface area (Å²) in [5.74, 6) is -0.887. The monoisotopic (exact) mass is 268 g/mol. The first-order valence-electron chi connectivity index (χ1n) is 6.08. The quantitative estimate of drug-likeness (QED) is 0.866. The highest BCUT2D eigenvalue weighted by Crippen LogP contribution is 2.19. The zero-order chi connectivity index (χ0) is 13.8. The lowest BCUT2D eigenvalue weighted by Gasteiger charge is -2.29. The summed E-state index contributed by atoms with van der Waals surface area (Å²) in [7, 11) is 1.53. The van der Waals surface area contributed by atoms with Crippen LogP contribution in [0.2, 0.25) is 0 Å². The van der Waals surface area contributed by atoms with Gasteiger partial charge >= 0.3 is 5.97 Å². The molecule has 0 spiro atoms. The topological polar surface area (TPSA) is 92.9 Å². The molecule has 1 saturated heterocycles. The zero-order valence-electron chi connectivity index (χ0n) is 10.7. The van der Waals surface area contributed by atoms with E-state index < -0.39 is 5.97 Å². The molecule has 1 aliphatic heterocycles. The number of nitrogens with zero attached hydrogens (tertiary/aromatic N) is 2. The molecule has 1 aromatic heterocycles. The van der Waals surface area contributed by atoms with Crippen molar-refractivity contribution in [3.8, 4) is 0 Å². The van der Waals surface area contributed by atoms with Crippen molar-refractivity contribution in [3.63, 3.8) is 0 Å². The van der Waals surface area contributed by atoms with E-state index in [1.54, 1.807) is 11.0 Å². The molecule has 1 fully saturated rings. The summed E-state index contributed by atoms with van der Waals surface area (Å²) >= 11 is 0. The molecule has 1 aromatic rings. The number of likely N-dealkylation sites (tertiary alicyclic amines) is 1. The van der Waals surface area contributed by atoms with Crippen LogP contribution in [0.15, 0.2) is 10.6 Å². The van der Waals surface area contributed by atoms with Crippen LogP contribution in [0.4, 0.5) is 0 Å². The van der Waals surface area contributed by atoms with E-state index in [1.807, 2.05) is 0 Å². The average Bonchev–Trinajstić information content (AvgIpc) is 2.87. The van der Waals surface area contributed by atoms with Crippen molar-refractivity contribution in [1.82, 2.24) is 10.1 Å². The third-order valence-electron chi connectivity index (χ3n) is 3.20. The first kappa shape index (κ1) is 13.5. The van der Waals surface area contributed by atoms with Crippen molar-refractivity contribution in [2.24, 2.45) is 5.92 Å². The summed E-state index contributed by atoms with van der Waals surface area (Å²) in [5.41, 5.74) is 0.237. The number of rotatable bonds is 4. The van der Waals surface area contributed by atoms with Crippen LogP contribution >= 0.6 is 0 Å². The van der Waals surface area contributed by atoms with E-state index in [1.165, 1.54) is 7.11 Å². The van der Waals surface area contributed by atoms with Crippen LogP contribution in [0.5, 0.6) is 0 Å². The van der Waals surface area contributed by atoms with Gasteiger partial charge in [0, 0.05) is 26.3 Å². The van der Waals surface area contributed by atoms with Gasteiger partial charge in [-0.2, -0.15) is 0 Å². The van der Waals surface area contributed by atoms with E-state index in [0.29, 0.717) is 31.7 Å². The third-order valence-corrected chi connectivity index (χ3v) is 3.20. The molecule has 2 heterocycles. The van der Waals surface area contributed by atoms with Crippen LogP contribution in [0.25, 0.3) is 0 Å². The van der Waals surface area contributed by atoms with Crippen molar-refractivity contribution in [2.45, 2.75) is 19.4 Å². The maximum atomic E-state index is 12.1. The van der Waals surface area contributed by atoms with E-state index in [-0.39, 0.29) is 24.1 Å². The van der Waals surface area contributed by atoms with Crippen molar-refractivity contribution in [3.05, 3.63) is 17.5 Å². The molecule has 0 saturated carbocycles. The molecule has 1 aliphatic rings. The fourth-order valence-electron chi connectivity index (χ4n) is 2.12. The maximum Gasteiger partial charge on any atom is 0.306 e. The van der Waals surface area contributed by atoms with Gasteiger partial charge in [-0.05, 0) is 12.8 Å². The van der Waals surface area contributed by atoms with Crippen molar-refractivity contribution >= 4 is 11.9 Å². The summed E-state index contributed by atoms with van der Waals surface area (Å²) in [5, 5.41) is 12.6. The van der Waals surface area contributed by atoms with E-state index >= 15 is 0 Å².